The minimum atomic E-state index is 0.137. The van der Waals surface area contributed by atoms with Gasteiger partial charge in [-0.3, -0.25) is 4.79 Å². The summed E-state index contributed by atoms with van der Waals surface area (Å²) in [5.74, 6) is 0.948. The van der Waals surface area contributed by atoms with Crippen LogP contribution < -0.4 is 4.74 Å². The topological polar surface area (TPSA) is 26.3 Å². The van der Waals surface area contributed by atoms with E-state index < -0.39 is 0 Å². The zero-order valence-electron chi connectivity index (χ0n) is 11.7. The molecule has 0 saturated heterocycles. The van der Waals surface area contributed by atoms with Crippen LogP contribution >= 0.6 is 22.6 Å². The van der Waals surface area contributed by atoms with Gasteiger partial charge in [-0.25, -0.2) is 0 Å². The molecule has 0 aliphatic heterocycles. The van der Waals surface area contributed by atoms with Crippen molar-refractivity contribution in [2.24, 2.45) is 0 Å². The maximum Gasteiger partial charge on any atom is 0.189 e. The van der Waals surface area contributed by atoms with Crippen LogP contribution in [0.1, 0.15) is 27.9 Å². The molecule has 1 aliphatic carbocycles. The first-order chi connectivity index (χ1) is 10.2. The Balaban J connectivity index is 1.95. The molecule has 0 spiro atoms. The second-order valence-corrected chi connectivity index (χ2v) is 6.32. The number of carbonyl (C=O) groups is 1. The number of methoxy groups -OCH3 is 1. The zero-order valence-corrected chi connectivity index (χ0v) is 13.9. The Labute approximate surface area is 138 Å². The number of allylic oxidation sites excluding steroid dienone is 1. The number of fused-ring (bicyclic) bond motifs is 1. The summed E-state index contributed by atoms with van der Waals surface area (Å²) in [6, 6.07) is 13.9. The summed E-state index contributed by atoms with van der Waals surface area (Å²) in [5.41, 5.74) is 3.86. The number of benzene rings is 2. The first kappa shape index (κ1) is 14.3. The first-order valence-corrected chi connectivity index (χ1v) is 7.93. The second-order valence-electron chi connectivity index (χ2n) is 5.08. The molecular formula is C18H15IO2. The molecule has 3 rings (SSSR count). The SMILES string of the molecule is COc1ccc2c(c1)CC/C(=C/c1cccc(I)c1)C2=O. The fourth-order valence-electron chi connectivity index (χ4n) is 2.62. The van der Waals surface area contributed by atoms with Crippen LogP contribution in [0, 0.1) is 3.57 Å². The molecule has 106 valence electrons. The predicted molar refractivity (Wildman–Crippen MR) is 92.8 cm³/mol. The Bertz CT molecular complexity index is 732. The van der Waals surface area contributed by atoms with Gasteiger partial charge < -0.3 is 4.74 Å². The third-order valence-electron chi connectivity index (χ3n) is 3.70. The van der Waals surface area contributed by atoms with E-state index in [-0.39, 0.29) is 5.78 Å². The predicted octanol–water partition coefficient (Wildman–Crippen LogP) is 4.51. The molecule has 2 aromatic carbocycles. The molecule has 0 N–H and O–H groups in total. The smallest absolute Gasteiger partial charge is 0.189 e. The molecular weight excluding hydrogens is 375 g/mol. The van der Waals surface area contributed by atoms with Crippen molar-refractivity contribution in [3.63, 3.8) is 0 Å². The molecule has 0 saturated carbocycles. The van der Waals surface area contributed by atoms with Crippen LogP contribution in [0.4, 0.5) is 0 Å². The lowest BCUT2D eigenvalue weighted by atomic mass is 9.86. The third-order valence-corrected chi connectivity index (χ3v) is 4.37. The Kier molecular flexibility index (Phi) is 4.10. The number of ether oxygens (including phenoxy) is 1. The largest absolute Gasteiger partial charge is 0.497 e. The summed E-state index contributed by atoms with van der Waals surface area (Å²) in [7, 11) is 1.65. The van der Waals surface area contributed by atoms with E-state index in [9.17, 15) is 4.79 Å². The number of hydrogen-bond donors (Lipinski definition) is 0. The highest BCUT2D eigenvalue weighted by Gasteiger charge is 2.22. The lowest BCUT2D eigenvalue weighted by Crippen LogP contribution is -2.14. The number of ketones is 1. The molecule has 0 radical (unpaired) electrons. The van der Waals surface area contributed by atoms with Crippen molar-refractivity contribution < 1.29 is 9.53 Å². The van der Waals surface area contributed by atoms with Gasteiger partial charge in [0.15, 0.2) is 5.78 Å². The monoisotopic (exact) mass is 390 g/mol. The number of aryl methyl sites for hydroxylation is 1. The van der Waals surface area contributed by atoms with E-state index in [0.717, 1.165) is 40.9 Å². The Morgan fingerprint density at radius 1 is 1.14 bits per heavy atom. The maximum absolute atomic E-state index is 12.6. The molecule has 1 aliphatic rings. The number of rotatable bonds is 2. The van der Waals surface area contributed by atoms with Gasteiger partial charge in [0.25, 0.3) is 0 Å². The van der Waals surface area contributed by atoms with Crippen LogP contribution in [-0.4, -0.2) is 12.9 Å². The molecule has 0 atom stereocenters. The van der Waals surface area contributed by atoms with E-state index in [1.54, 1.807) is 7.11 Å². The molecule has 3 heteroatoms. The van der Waals surface area contributed by atoms with Crippen molar-refractivity contribution in [3.8, 4) is 5.75 Å². The van der Waals surface area contributed by atoms with Crippen molar-refractivity contribution in [2.75, 3.05) is 7.11 Å². The number of carbonyl (C=O) groups excluding carboxylic acids is 1. The Hall–Kier alpha value is -1.62. The quantitative estimate of drug-likeness (QED) is 0.557. The summed E-state index contributed by atoms with van der Waals surface area (Å²) < 4.78 is 6.40. The van der Waals surface area contributed by atoms with Crippen LogP contribution in [0.3, 0.4) is 0 Å². The van der Waals surface area contributed by atoms with Gasteiger partial charge in [0.2, 0.25) is 0 Å². The molecule has 2 nitrogen and oxygen atoms in total. The van der Waals surface area contributed by atoms with E-state index in [1.807, 2.05) is 42.5 Å². The molecule has 0 aromatic heterocycles. The van der Waals surface area contributed by atoms with E-state index in [0.29, 0.717) is 0 Å². The number of hydrogen-bond acceptors (Lipinski definition) is 2. The van der Waals surface area contributed by atoms with Crippen molar-refractivity contribution in [1.82, 2.24) is 0 Å². The summed E-state index contributed by atoms with van der Waals surface area (Å²) in [5, 5.41) is 0. The molecule has 0 amide bonds. The van der Waals surface area contributed by atoms with Crippen LogP contribution in [0.5, 0.6) is 5.75 Å². The van der Waals surface area contributed by atoms with Gasteiger partial charge in [0.1, 0.15) is 5.75 Å². The number of Topliss-reactive ketones (excluding diaryl/α,β-unsaturated/α-hetero) is 1. The van der Waals surface area contributed by atoms with E-state index in [4.69, 9.17) is 4.74 Å². The zero-order chi connectivity index (χ0) is 14.8. The van der Waals surface area contributed by atoms with Crippen LogP contribution in [0.25, 0.3) is 6.08 Å². The summed E-state index contributed by atoms with van der Waals surface area (Å²) in [6.45, 7) is 0. The fourth-order valence-corrected chi connectivity index (χ4v) is 3.18. The fraction of sp³-hybridized carbons (Fsp3) is 0.167. The minimum Gasteiger partial charge on any atom is -0.497 e. The highest BCUT2D eigenvalue weighted by Crippen LogP contribution is 2.29. The molecule has 2 aromatic rings. The van der Waals surface area contributed by atoms with E-state index in [1.165, 1.54) is 3.57 Å². The van der Waals surface area contributed by atoms with Gasteiger partial charge in [-0.1, -0.05) is 12.1 Å². The lowest BCUT2D eigenvalue weighted by Gasteiger charge is -2.18. The molecule has 0 fully saturated rings. The van der Waals surface area contributed by atoms with Crippen molar-refractivity contribution in [2.45, 2.75) is 12.8 Å². The molecule has 0 heterocycles. The second kappa shape index (κ2) is 6.02. The maximum atomic E-state index is 12.6. The molecule has 0 bridgehead atoms. The highest BCUT2D eigenvalue weighted by molar-refractivity contribution is 14.1. The Morgan fingerprint density at radius 3 is 2.76 bits per heavy atom. The van der Waals surface area contributed by atoms with Crippen molar-refractivity contribution >= 4 is 34.5 Å². The van der Waals surface area contributed by atoms with Gasteiger partial charge in [-0.2, -0.15) is 0 Å². The summed E-state index contributed by atoms with van der Waals surface area (Å²) >= 11 is 2.28. The molecule has 0 unspecified atom stereocenters. The van der Waals surface area contributed by atoms with Crippen LogP contribution in [0.15, 0.2) is 48.0 Å². The average molecular weight is 390 g/mol. The normalized spacial score (nSPS) is 15.9. The van der Waals surface area contributed by atoms with Gasteiger partial charge in [0, 0.05) is 14.7 Å². The summed E-state index contributed by atoms with van der Waals surface area (Å²) in [6.07, 6.45) is 3.68. The van der Waals surface area contributed by atoms with E-state index >= 15 is 0 Å². The van der Waals surface area contributed by atoms with Crippen molar-refractivity contribution in [3.05, 3.63) is 68.3 Å². The Morgan fingerprint density at radius 2 is 2.00 bits per heavy atom. The first-order valence-electron chi connectivity index (χ1n) is 6.85. The van der Waals surface area contributed by atoms with Gasteiger partial charge in [0.05, 0.1) is 7.11 Å². The minimum absolute atomic E-state index is 0.137. The highest BCUT2D eigenvalue weighted by atomic mass is 127. The molecule has 21 heavy (non-hydrogen) atoms. The van der Waals surface area contributed by atoms with Gasteiger partial charge >= 0.3 is 0 Å². The lowest BCUT2D eigenvalue weighted by molar-refractivity contribution is 0.102. The van der Waals surface area contributed by atoms with Crippen molar-refractivity contribution in [1.29, 1.82) is 0 Å². The number of halogens is 1. The summed E-state index contributed by atoms with van der Waals surface area (Å²) in [4.78, 5) is 12.6. The van der Waals surface area contributed by atoms with Crippen LogP contribution in [0.2, 0.25) is 0 Å². The van der Waals surface area contributed by atoms with Gasteiger partial charge in [-0.05, 0) is 83.0 Å². The standard InChI is InChI=1S/C18H15IO2/c1-21-16-7-8-17-13(11-16)5-6-14(18(17)20)9-12-3-2-4-15(19)10-12/h2-4,7-11H,5-6H2,1H3/b14-9-. The third kappa shape index (κ3) is 3.02. The van der Waals surface area contributed by atoms with Crippen LogP contribution in [-0.2, 0) is 6.42 Å². The van der Waals surface area contributed by atoms with Gasteiger partial charge in [-0.15, -0.1) is 0 Å². The average Bonchev–Trinajstić information content (AvgIpc) is 2.50. The van der Waals surface area contributed by atoms with E-state index in [2.05, 4.69) is 28.7 Å².